The first-order valence-corrected chi connectivity index (χ1v) is 6.79. The minimum absolute atomic E-state index is 0.00983. The van der Waals surface area contributed by atoms with E-state index in [1.165, 1.54) is 0 Å². The number of rotatable bonds is 9. The topological polar surface area (TPSA) is 70.2 Å². The van der Waals surface area contributed by atoms with Gasteiger partial charge in [0, 0.05) is 31.5 Å². The molecule has 18 heavy (non-hydrogen) atoms. The molecule has 0 heterocycles. The lowest BCUT2D eigenvalue weighted by Gasteiger charge is -2.13. The van der Waals surface area contributed by atoms with Crippen LogP contribution in [0.2, 0.25) is 0 Å². The Morgan fingerprint density at radius 2 is 1.72 bits per heavy atom. The van der Waals surface area contributed by atoms with Crippen LogP contribution < -0.4 is 16.0 Å². The highest BCUT2D eigenvalue weighted by Crippen LogP contribution is 1.91. The molecule has 0 aliphatic carbocycles. The summed E-state index contributed by atoms with van der Waals surface area (Å²) >= 11 is 0. The van der Waals surface area contributed by atoms with Gasteiger partial charge in [0.05, 0.1) is 0 Å². The molecule has 0 aliphatic rings. The summed E-state index contributed by atoms with van der Waals surface area (Å²) in [6.07, 6.45) is 1.70. The molecule has 5 nitrogen and oxygen atoms in total. The lowest BCUT2D eigenvalue weighted by molar-refractivity contribution is -0.122. The Hall–Kier alpha value is -1.10. The van der Waals surface area contributed by atoms with E-state index in [0.29, 0.717) is 19.4 Å². The van der Waals surface area contributed by atoms with Gasteiger partial charge in [0.1, 0.15) is 0 Å². The number of nitrogens with one attached hydrogen (secondary N) is 3. The van der Waals surface area contributed by atoms with Crippen molar-refractivity contribution in [2.75, 3.05) is 13.1 Å². The summed E-state index contributed by atoms with van der Waals surface area (Å²) in [6, 6.07) is 0.367. The van der Waals surface area contributed by atoms with Gasteiger partial charge >= 0.3 is 0 Å². The number of carbonyl (C=O) groups excluding carboxylic acids is 2. The lowest BCUT2D eigenvalue weighted by atomic mass is 10.2. The second-order valence-corrected chi connectivity index (χ2v) is 4.64. The first-order chi connectivity index (χ1) is 8.49. The van der Waals surface area contributed by atoms with Crippen LogP contribution in [0.1, 0.15) is 47.0 Å². The Kier molecular flexibility index (Phi) is 9.28. The Balaban J connectivity index is 3.64. The van der Waals surface area contributed by atoms with Gasteiger partial charge in [-0.15, -0.1) is 0 Å². The van der Waals surface area contributed by atoms with Crippen LogP contribution in [-0.4, -0.2) is 37.0 Å². The van der Waals surface area contributed by atoms with Crippen molar-refractivity contribution in [2.45, 2.75) is 59.0 Å². The smallest absolute Gasteiger partial charge is 0.221 e. The molecule has 0 aromatic rings. The number of hydrogen-bond acceptors (Lipinski definition) is 3. The van der Waals surface area contributed by atoms with Crippen molar-refractivity contribution in [3.05, 3.63) is 0 Å². The van der Waals surface area contributed by atoms with E-state index in [4.69, 9.17) is 0 Å². The molecule has 0 spiro atoms. The fraction of sp³-hybridized carbons (Fsp3) is 0.846. The van der Waals surface area contributed by atoms with Crippen molar-refractivity contribution in [3.63, 3.8) is 0 Å². The van der Waals surface area contributed by atoms with Crippen molar-refractivity contribution in [3.8, 4) is 0 Å². The molecule has 0 aromatic heterocycles. The fourth-order valence-electron chi connectivity index (χ4n) is 1.54. The van der Waals surface area contributed by atoms with Gasteiger partial charge < -0.3 is 16.0 Å². The Bertz CT molecular complexity index is 257. The summed E-state index contributed by atoms with van der Waals surface area (Å²) in [7, 11) is 0. The zero-order chi connectivity index (χ0) is 14.0. The highest BCUT2D eigenvalue weighted by Gasteiger charge is 2.09. The van der Waals surface area contributed by atoms with E-state index >= 15 is 0 Å². The maximum Gasteiger partial charge on any atom is 0.221 e. The Morgan fingerprint density at radius 1 is 1.06 bits per heavy atom. The molecule has 2 unspecified atom stereocenters. The molecule has 0 rings (SSSR count). The van der Waals surface area contributed by atoms with Crippen LogP contribution in [-0.2, 0) is 9.59 Å². The van der Waals surface area contributed by atoms with Gasteiger partial charge in [-0.3, -0.25) is 9.59 Å². The molecule has 0 saturated carbocycles. The van der Waals surface area contributed by atoms with E-state index in [-0.39, 0.29) is 23.9 Å². The van der Waals surface area contributed by atoms with Gasteiger partial charge in [-0.2, -0.15) is 0 Å². The molecule has 0 saturated heterocycles. The Labute approximate surface area is 110 Å². The second kappa shape index (κ2) is 9.88. The Morgan fingerprint density at radius 3 is 2.28 bits per heavy atom. The number of hydrogen-bond donors (Lipinski definition) is 3. The van der Waals surface area contributed by atoms with Gasteiger partial charge in [0.2, 0.25) is 11.8 Å². The van der Waals surface area contributed by atoms with E-state index in [0.717, 1.165) is 13.0 Å². The third kappa shape index (κ3) is 8.98. The van der Waals surface area contributed by atoms with Crippen LogP contribution in [0, 0.1) is 0 Å². The third-order valence-electron chi connectivity index (χ3n) is 2.74. The summed E-state index contributed by atoms with van der Waals surface area (Å²) in [5.41, 5.74) is 0. The zero-order valence-corrected chi connectivity index (χ0v) is 12.0. The van der Waals surface area contributed by atoms with Crippen molar-refractivity contribution in [1.29, 1.82) is 0 Å². The van der Waals surface area contributed by atoms with E-state index in [2.05, 4.69) is 16.0 Å². The van der Waals surface area contributed by atoms with Gasteiger partial charge in [0.25, 0.3) is 0 Å². The van der Waals surface area contributed by atoms with Crippen molar-refractivity contribution >= 4 is 11.8 Å². The molecule has 0 aliphatic heterocycles. The SMILES string of the molecule is CCNC(C)CC(=O)NCCC(=O)NC(C)CC. The first-order valence-electron chi connectivity index (χ1n) is 6.79. The highest BCUT2D eigenvalue weighted by molar-refractivity contribution is 5.79. The molecule has 3 N–H and O–H groups in total. The van der Waals surface area contributed by atoms with Gasteiger partial charge in [-0.1, -0.05) is 13.8 Å². The van der Waals surface area contributed by atoms with E-state index in [1.807, 2.05) is 27.7 Å². The van der Waals surface area contributed by atoms with E-state index in [1.54, 1.807) is 0 Å². The molecule has 5 heteroatoms. The monoisotopic (exact) mass is 257 g/mol. The average molecular weight is 257 g/mol. The average Bonchev–Trinajstić information content (AvgIpc) is 2.28. The number of amides is 2. The van der Waals surface area contributed by atoms with Crippen LogP contribution >= 0.6 is 0 Å². The van der Waals surface area contributed by atoms with E-state index in [9.17, 15) is 9.59 Å². The zero-order valence-electron chi connectivity index (χ0n) is 12.0. The van der Waals surface area contributed by atoms with Gasteiger partial charge in [-0.25, -0.2) is 0 Å². The van der Waals surface area contributed by atoms with Gasteiger partial charge in [-0.05, 0) is 26.8 Å². The normalized spacial score (nSPS) is 13.8. The third-order valence-corrected chi connectivity index (χ3v) is 2.74. The first kappa shape index (κ1) is 16.9. The molecular weight excluding hydrogens is 230 g/mol. The second-order valence-electron chi connectivity index (χ2n) is 4.64. The largest absolute Gasteiger partial charge is 0.356 e. The van der Waals surface area contributed by atoms with Crippen LogP contribution in [0.5, 0.6) is 0 Å². The molecule has 2 amide bonds. The summed E-state index contributed by atoms with van der Waals surface area (Å²) in [4.78, 5) is 22.9. The quantitative estimate of drug-likeness (QED) is 0.572. The summed E-state index contributed by atoms with van der Waals surface area (Å²) in [5, 5.41) is 8.79. The highest BCUT2D eigenvalue weighted by atomic mass is 16.2. The molecule has 106 valence electrons. The predicted octanol–water partition coefficient (Wildman–Crippen LogP) is 0.795. The summed E-state index contributed by atoms with van der Waals surface area (Å²) in [6.45, 7) is 9.22. The van der Waals surface area contributed by atoms with Crippen molar-refractivity contribution < 1.29 is 9.59 Å². The standard InChI is InChI=1S/C13H27N3O2/c1-5-10(3)16-12(17)7-8-15-13(18)9-11(4)14-6-2/h10-11,14H,5-9H2,1-4H3,(H,15,18)(H,16,17). The maximum atomic E-state index is 11.5. The molecule has 0 aromatic carbocycles. The van der Waals surface area contributed by atoms with Gasteiger partial charge in [0.15, 0.2) is 0 Å². The van der Waals surface area contributed by atoms with E-state index < -0.39 is 0 Å². The van der Waals surface area contributed by atoms with Crippen molar-refractivity contribution in [2.24, 2.45) is 0 Å². The fourth-order valence-corrected chi connectivity index (χ4v) is 1.54. The maximum absolute atomic E-state index is 11.5. The minimum Gasteiger partial charge on any atom is -0.356 e. The minimum atomic E-state index is -0.0141. The van der Waals surface area contributed by atoms with Crippen LogP contribution in [0.25, 0.3) is 0 Å². The predicted molar refractivity (Wildman–Crippen MR) is 73.3 cm³/mol. The molecule has 0 fully saturated rings. The molecule has 0 bridgehead atoms. The van der Waals surface area contributed by atoms with Crippen LogP contribution in [0.15, 0.2) is 0 Å². The van der Waals surface area contributed by atoms with Crippen LogP contribution in [0.4, 0.5) is 0 Å². The summed E-state index contributed by atoms with van der Waals surface area (Å²) < 4.78 is 0. The molecule has 0 radical (unpaired) electrons. The van der Waals surface area contributed by atoms with Crippen LogP contribution in [0.3, 0.4) is 0 Å². The molecular formula is C13H27N3O2. The lowest BCUT2D eigenvalue weighted by Crippen LogP contribution is -2.37. The number of carbonyl (C=O) groups is 2. The molecule has 2 atom stereocenters. The summed E-state index contributed by atoms with van der Waals surface area (Å²) in [5.74, 6) is -0.0239. The van der Waals surface area contributed by atoms with Crippen molar-refractivity contribution in [1.82, 2.24) is 16.0 Å².